The van der Waals surface area contributed by atoms with Gasteiger partial charge in [-0.1, -0.05) is 48.5 Å². The van der Waals surface area contributed by atoms with E-state index in [2.05, 4.69) is 10.6 Å². The summed E-state index contributed by atoms with van der Waals surface area (Å²) in [6, 6.07) is 15.9. The first-order valence-electron chi connectivity index (χ1n) is 11.5. The number of ether oxygens (including phenoxy) is 1. The van der Waals surface area contributed by atoms with Gasteiger partial charge in [0.25, 0.3) is 0 Å². The van der Waals surface area contributed by atoms with E-state index < -0.39 is 30.1 Å². The molecule has 2 unspecified atom stereocenters. The predicted octanol–water partition coefficient (Wildman–Crippen LogP) is 3.91. The highest BCUT2D eigenvalue weighted by atomic mass is 32.2. The minimum Gasteiger partial charge on any atom is -0.480 e. The largest absolute Gasteiger partial charge is 0.480 e. The number of unbranched alkanes of at least 4 members (excludes halogenated alkanes) is 1. The number of thioether (sulfide) groups is 1. The summed E-state index contributed by atoms with van der Waals surface area (Å²) < 4.78 is 5.53. The van der Waals surface area contributed by atoms with Gasteiger partial charge in [-0.3, -0.25) is 4.79 Å². The van der Waals surface area contributed by atoms with E-state index in [0.717, 1.165) is 22.3 Å². The van der Waals surface area contributed by atoms with Gasteiger partial charge in [0.2, 0.25) is 5.91 Å². The Morgan fingerprint density at radius 2 is 1.66 bits per heavy atom. The molecule has 1 aliphatic rings. The van der Waals surface area contributed by atoms with Crippen LogP contribution in [-0.4, -0.2) is 53.8 Å². The second kappa shape index (κ2) is 12.8. The Labute approximate surface area is 209 Å². The molecule has 9 heteroatoms. The van der Waals surface area contributed by atoms with Gasteiger partial charge in [0.05, 0.1) is 6.07 Å². The minimum absolute atomic E-state index is 0.0951. The van der Waals surface area contributed by atoms with E-state index in [1.807, 2.05) is 60.9 Å². The van der Waals surface area contributed by atoms with Crippen molar-refractivity contribution in [2.75, 3.05) is 18.6 Å². The van der Waals surface area contributed by atoms with Crippen LogP contribution in [-0.2, 0) is 14.3 Å². The van der Waals surface area contributed by atoms with Crippen LogP contribution in [0.1, 0.15) is 42.7 Å². The Hall–Kier alpha value is -3.51. The van der Waals surface area contributed by atoms with E-state index in [1.54, 1.807) is 0 Å². The van der Waals surface area contributed by atoms with Crippen molar-refractivity contribution in [1.29, 1.82) is 5.26 Å². The van der Waals surface area contributed by atoms with E-state index in [9.17, 15) is 19.5 Å². The molecule has 0 spiro atoms. The van der Waals surface area contributed by atoms with Crippen molar-refractivity contribution >= 4 is 29.7 Å². The summed E-state index contributed by atoms with van der Waals surface area (Å²) in [4.78, 5) is 37.0. The van der Waals surface area contributed by atoms with Crippen molar-refractivity contribution in [3.63, 3.8) is 0 Å². The number of carbonyl (C=O) groups is 3. The summed E-state index contributed by atoms with van der Waals surface area (Å²) in [5.41, 5.74) is 4.36. The molecule has 2 atom stereocenters. The molecule has 1 aliphatic carbocycles. The van der Waals surface area contributed by atoms with Gasteiger partial charge in [-0.2, -0.15) is 17.0 Å². The van der Waals surface area contributed by atoms with Crippen LogP contribution >= 0.6 is 11.8 Å². The number of carbonyl (C=O) groups excluding carboxylic acids is 2. The lowest BCUT2D eigenvalue weighted by Gasteiger charge is -2.21. The molecule has 0 bridgehead atoms. The van der Waals surface area contributed by atoms with Gasteiger partial charge in [0.1, 0.15) is 18.7 Å². The van der Waals surface area contributed by atoms with Gasteiger partial charge in [-0.15, -0.1) is 0 Å². The number of nitriles is 1. The first-order valence-corrected chi connectivity index (χ1v) is 12.9. The summed E-state index contributed by atoms with van der Waals surface area (Å²) in [5.74, 6) is -1.30. The van der Waals surface area contributed by atoms with Gasteiger partial charge in [0.15, 0.2) is 0 Å². The molecule has 8 nitrogen and oxygen atoms in total. The van der Waals surface area contributed by atoms with Crippen LogP contribution in [0.5, 0.6) is 0 Å². The Morgan fingerprint density at radius 3 is 2.23 bits per heavy atom. The highest BCUT2D eigenvalue weighted by Crippen LogP contribution is 2.44. The SMILES string of the molecule is CSCCC(NC(=O)C(CCCC#N)NC(=O)OCC1c2ccccc2-c2ccccc21)C(=O)O. The normalized spacial score (nSPS) is 13.6. The molecule has 0 radical (unpaired) electrons. The highest BCUT2D eigenvalue weighted by molar-refractivity contribution is 7.98. The number of carboxylic acid groups (broad SMARTS) is 1. The number of nitrogens with one attached hydrogen (secondary N) is 2. The van der Waals surface area contributed by atoms with E-state index in [4.69, 9.17) is 10.00 Å². The average Bonchev–Trinajstić information content (AvgIpc) is 3.18. The maximum Gasteiger partial charge on any atom is 0.407 e. The number of hydrogen-bond acceptors (Lipinski definition) is 6. The summed E-state index contributed by atoms with van der Waals surface area (Å²) in [5, 5.41) is 23.3. The molecule has 0 saturated heterocycles. The van der Waals surface area contributed by atoms with Crippen molar-refractivity contribution < 1.29 is 24.2 Å². The number of amides is 2. The quantitative estimate of drug-likeness (QED) is 0.381. The maximum atomic E-state index is 12.8. The third kappa shape index (κ3) is 6.76. The number of nitrogens with zero attached hydrogens (tertiary/aromatic N) is 1. The first-order chi connectivity index (χ1) is 17.0. The lowest BCUT2D eigenvalue weighted by atomic mass is 9.98. The highest BCUT2D eigenvalue weighted by Gasteiger charge is 2.30. The zero-order chi connectivity index (χ0) is 25.2. The molecule has 0 aromatic heterocycles. The lowest BCUT2D eigenvalue weighted by Crippen LogP contribution is -2.51. The summed E-state index contributed by atoms with van der Waals surface area (Å²) >= 11 is 1.48. The first kappa shape index (κ1) is 26.1. The predicted molar refractivity (Wildman–Crippen MR) is 134 cm³/mol. The van der Waals surface area contributed by atoms with Crippen LogP contribution in [0.2, 0.25) is 0 Å². The van der Waals surface area contributed by atoms with Crippen molar-refractivity contribution in [2.24, 2.45) is 0 Å². The van der Waals surface area contributed by atoms with Gasteiger partial charge in [-0.25, -0.2) is 9.59 Å². The van der Waals surface area contributed by atoms with Gasteiger partial charge < -0.3 is 20.5 Å². The fraction of sp³-hybridized carbons (Fsp3) is 0.385. The van der Waals surface area contributed by atoms with Gasteiger partial charge in [-0.05, 0) is 53.5 Å². The molecule has 0 aliphatic heterocycles. The monoisotopic (exact) mass is 495 g/mol. The molecule has 3 rings (SSSR count). The molecular weight excluding hydrogens is 466 g/mol. The van der Waals surface area contributed by atoms with Crippen LogP contribution in [0.15, 0.2) is 48.5 Å². The number of alkyl carbamates (subject to hydrolysis) is 1. The average molecular weight is 496 g/mol. The smallest absolute Gasteiger partial charge is 0.407 e. The standard InChI is InChI=1S/C26H29N3O5S/c1-35-15-13-23(25(31)32)28-24(30)22(12-6-7-14-27)29-26(33)34-16-21-19-10-4-2-8-17(19)18-9-3-5-11-20(18)21/h2-5,8-11,21-23H,6-7,12-13,15-16H2,1H3,(H,28,30)(H,29,33)(H,31,32). The molecule has 2 aromatic rings. The minimum atomic E-state index is -1.13. The molecule has 3 N–H and O–H groups in total. The second-order valence-electron chi connectivity index (χ2n) is 8.25. The molecule has 35 heavy (non-hydrogen) atoms. The van der Waals surface area contributed by atoms with Crippen LogP contribution in [0.3, 0.4) is 0 Å². The number of fused-ring (bicyclic) bond motifs is 3. The van der Waals surface area contributed by atoms with E-state index in [1.165, 1.54) is 11.8 Å². The van der Waals surface area contributed by atoms with Gasteiger partial charge >= 0.3 is 12.1 Å². The van der Waals surface area contributed by atoms with E-state index in [-0.39, 0.29) is 31.8 Å². The third-order valence-corrected chi connectivity index (χ3v) is 6.60. The molecule has 2 aromatic carbocycles. The molecule has 184 valence electrons. The van der Waals surface area contributed by atoms with Crippen LogP contribution in [0.25, 0.3) is 11.1 Å². The molecule has 0 heterocycles. The van der Waals surface area contributed by atoms with Crippen molar-refractivity contribution in [3.8, 4) is 17.2 Å². The molecule has 2 amide bonds. The van der Waals surface area contributed by atoms with Crippen LogP contribution < -0.4 is 10.6 Å². The zero-order valence-electron chi connectivity index (χ0n) is 19.5. The van der Waals surface area contributed by atoms with E-state index in [0.29, 0.717) is 12.2 Å². The third-order valence-electron chi connectivity index (χ3n) is 5.96. The van der Waals surface area contributed by atoms with Crippen molar-refractivity contribution in [3.05, 3.63) is 59.7 Å². The van der Waals surface area contributed by atoms with Crippen molar-refractivity contribution in [1.82, 2.24) is 10.6 Å². The number of benzene rings is 2. The number of aliphatic carboxylic acids is 1. The van der Waals surface area contributed by atoms with E-state index >= 15 is 0 Å². The maximum absolute atomic E-state index is 12.8. The Morgan fingerprint density at radius 1 is 1.03 bits per heavy atom. The number of carboxylic acids is 1. The fourth-order valence-corrected chi connectivity index (χ4v) is 4.67. The number of rotatable bonds is 12. The fourth-order valence-electron chi connectivity index (χ4n) is 4.20. The summed E-state index contributed by atoms with van der Waals surface area (Å²) in [7, 11) is 0. The number of hydrogen-bond donors (Lipinski definition) is 3. The van der Waals surface area contributed by atoms with Crippen LogP contribution in [0.4, 0.5) is 4.79 Å². The Bertz CT molecular complexity index is 1050. The molecule has 0 fully saturated rings. The Kier molecular flexibility index (Phi) is 9.56. The molecular formula is C26H29N3O5S. The zero-order valence-corrected chi connectivity index (χ0v) is 20.3. The summed E-state index contributed by atoms with van der Waals surface area (Å²) in [6.45, 7) is 0.0951. The molecule has 0 saturated carbocycles. The summed E-state index contributed by atoms with van der Waals surface area (Å²) in [6.07, 6.45) is 2.13. The van der Waals surface area contributed by atoms with Gasteiger partial charge in [0, 0.05) is 12.3 Å². The van der Waals surface area contributed by atoms with Crippen molar-refractivity contribution in [2.45, 2.75) is 43.7 Å². The lowest BCUT2D eigenvalue weighted by molar-refractivity contribution is -0.142. The second-order valence-corrected chi connectivity index (χ2v) is 9.24. The topological polar surface area (TPSA) is 129 Å². The Balaban J connectivity index is 1.65. The van der Waals surface area contributed by atoms with Crippen LogP contribution in [0, 0.1) is 11.3 Å².